The molecule has 5 nitrogen and oxygen atoms in total. The first-order valence-electron chi connectivity index (χ1n) is 7.96. The molecular formula is C17H24ClNO4. The molecule has 0 atom stereocenters. The van der Waals surface area contributed by atoms with Crippen molar-refractivity contribution in [1.29, 1.82) is 0 Å². The summed E-state index contributed by atoms with van der Waals surface area (Å²) in [5, 5.41) is 0. The van der Waals surface area contributed by atoms with Gasteiger partial charge in [-0.3, -0.25) is 4.79 Å². The van der Waals surface area contributed by atoms with Gasteiger partial charge < -0.3 is 19.1 Å². The number of rotatable bonds is 6. The summed E-state index contributed by atoms with van der Waals surface area (Å²) in [5.74, 6) is 0.354. The van der Waals surface area contributed by atoms with E-state index in [2.05, 4.69) is 0 Å². The molecule has 1 aliphatic rings. The lowest BCUT2D eigenvalue weighted by atomic mass is 10.1. The summed E-state index contributed by atoms with van der Waals surface area (Å²) in [7, 11) is 1.60. The number of benzene rings is 1. The normalized spacial score (nSPS) is 16.0. The molecule has 0 saturated carbocycles. The molecule has 1 aromatic rings. The van der Waals surface area contributed by atoms with Crippen molar-refractivity contribution in [2.45, 2.75) is 32.5 Å². The van der Waals surface area contributed by atoms with Crippen molar-refractivity contribution in [3.63, 3.8) is 0 Å². The van der Waals surface area contributed by atoms with Crippen molar-refractivity contribution >= 4 is 23.2 Å². The lowest BCUT2D eigenvalue weighted by Gasteiger charge is -2.29. The molecule has 6 heteroatoms. The van der Waals surface area contributed by atoms with E-state index in [1.54, 1.807) is 12.0 Å². The van der Waals surface area contributed by atoms with Gasteiger partial charge >= 0.3 is 0 Å². The van der Waals surface area contributed by atoms with E-state index in [0.717, 1.165) is 30.5 Å². The molecule has 1 amide bonds. The van der Waals surface area contributed by atoms with Gasteiger partial charge in [-0.1, -0.05) is 19.1 Å². The molecule has 0 aliphatic carbocycles. The first-order chi connectivity index (χ1) is 11.2. The minimum atomic E-state index is -0.445. The number of carbonyl (C=O) groups excluding carboxylic acids is 1. The Labute approximate surface area is 142 Å². The van der Waals surface area contributed by atoms with E-state index in [-0.39, 0.29) is 11.8 Å². The fourth-order valence-corrected chi connectivity index (χ4v) is 2.79. The smallest absolute Gasteiger partial charge is 0.242 e. The molecule has 0 aromatic heterocycles. The molecule has 2 rings (SSSR count). The Balaban J connectivity index is 2.33. The van der Waals surface area contributed by atoms with Crippen LogP contribution in [0, 0.1) is 0 Å². The first-order valence-corrected chi connectivity index (χ1v) is 8.50. The SMILES string of the molecule is CCc1cccc(OC)c1N(CC1OCCCCO1)C(=O)CCl. The summed E-state index contributed by atoms with van der Waals surface area (Å²) in [6, 6.07) is 5.75. The summed E-state index contributed by atoms with van der Waals surface area (Å²) in [6.45, 7) is 3.62. The monoisotopic (exact) mass is 341 g/mol. The van der Waals surface area contributed by atoms with Crippen LogP contribution in [0.3, 0.4) is 0 Å². The van der Waals surface area contributed by atoms with E-state index in [9.17, 15) is 4.79 Å². The van der Waals surface area contributed by atoms with Gasteiger partial charge in [-0.05, 0) is 30.9 Å². The number of hydrogen-bond donors (Lipinski definition) is 0. The number of aryl methyl sites for hydroxylation is 1. The maximum atomic E-state index is 12.4. The third-order valence-electron chi connectivity index (χ3n) is 3.85. The van der Waals surface area contributed by atoms with Gasteiger partial charge in [-0.25, -0.2) is 0 Å². The number of halogens is 1. The second-order valence-electron chi connectivity index (χ2n) is 5.34. The number of amides is 1. The number of carbonyl (C=O) groups is 1. The standard InChI is InChI=1S/C17H24ClNO4/c1-3-13-7-6-8-14(21-2)17(13)19(15(20)11-18)12-16-22-9-4-5-10-23-16/h6-8,16H,3-5,9-12H2,1-2H3. The van der Waals surface area contributed by atoms with Crippen LogP contribution in [0.25, 0.3) is 0 Å². The minimum absolute atomic E-state index is 0.103. The summed E-state index contributed by atoms with van der Waals surface area (Å²) < 4.78 is 16.9. The van der Waals surface area contributed by atoms with E-state index in [0.29, 0.717) is 25.5 Å². The number of para-hydroxylation sites is 1. The van der Waals surface area contributed by atoms with Crippen molar-refractivity contribution in [1.82, 2.24) is 0 Å². The summed E-state index contributed by atoms with van der Waals surface area (Å²) in [5.41, 5.74) is 1.77. The van der Waals surface area contributed by atoms with Gasteiger partial charge in [-0.2, -0.15) is 0 Å². The van der Waals surface area contributed by atoms with Gasteiger partial charge in [0.15, 0.2) is 6.29 Å². The van der Waals surface area contributed by atoms with Crippen LogP contribution in [0.4, 0.5) is 5.69 Å². The molecule has 1 saturated heterocycles. The van der Waals surface area contributed by atoms with Crippen molar-refractivity contribution < 1.29 is 19.0 Å². The van der Waals surface area contributed by atoms with Gasteiger partial charge in [0, 0.05) is 13.2 Å². The van der Waals surface area contributed by atoms with Gasteiger partial charge in [0.05, 0.1) is 19.3 Å². The van der Waals surface area contributed by atoms with E-state index in [4.69, 9.17) is 25.8 Å². The van der Waals surface area contributed by atoms with E-state index in [1.807, 2.05) is 25.1 Å². The molecule has 0 N–H and O–H groups in total. The average molecular weight is 342 g/mol. The molecule has 0 bridgehead atoms. The highest BCUT2D eigenvalue weighted by Crippen LogP contribution is 2.33. The fraction of sp³-hybridized carbons (Fsp3) is 0.588. The fourth-order valence-electron chi connectivity index (χ4n) is 2.65. The molecule has 23 heavy (non-hydrogen) atoms. The molecule has 0 unspecified atom stereocenters. The maximum absolute atomic E-state index is 12.4. The Morgan fingerprint density at radius 2 is 2.04 bits per heavy atom. The zero-order valence-corrected chi connectivity index (χ0v) is 14.5. The number of anilines is 1. The third kappa shape index (κ3) is 4.59. The second-order valence-corrected chi connectivity index (χ2v) is 5.61. The highest BCUT2D eigenvalue weighted by molar-refractivity contribution is 6.29. The Morgan fingerprint density at radius 3 is 2.61 bits per heavy atom. The molecule has 1 aromatic carbocycles. The molecule has 1 fully saturated rings. The molecule has 0 spiro atoms. The van der Waals surface area contributed by atoms with Crippen LogP contribution in [-0.2, 0) is 20.7 Å². The summed E-state index contributed by atoms with van der Waals surface area (Å²) in [6.07, 6.45) is 2.27. The lowest BCUT2D eigenvalue weighted by Crippen LogP contribution is -2.41. The quantitative estimate of drug-likeness (QED) is 0.746. The van der Waals surface area contributed by atoms with Gasteiger partial charge in [0.25, 0.3) is 0 Å². The Bertz CT molecular complexity index is 493. The third-order valence-corrected chi connectivity index (χ3v) is 4.08. The van der Waals surface area contributed by atoms with Crippen LogP contribution in [0.5, 0.6) is 5.75 Å². The maximum Gasteiger partial charge on any atom is 0.242 e. The lowest BCUT2D eigenvalue weighted by molar-refractivity contribution is -0.128. The Kier molecular flexibility index (Phi) is 7.15. The highest BCUT2D eigenvalue weighted by atomic mass is 35.5. The van der Waals surface area contributed by atoms with Crippen molar-refractivity contribution in [3.05, 3.63) is 23.8 Å². The zero-order chi connectivity index (χ0) is 16.7. The number of alkyl halides is 1. The number of methoxy groups -OCH3 is 1. The topological polar surface area (TPSA) is 48.0 Å². The molecular weight excluding hydrogens is 318 g/mol. The van der Waals surface area contributed by atoms with Crippen molar-refractivity contribution in [2.75, 3.05) is 37.6 Å². The highest BCUT2D eigenvalue weighted by Gasteiger charge is 2.26. The van der Waals surface area contributed by atoms with Crippen LogP contribution in [0.2, 0.25) is 0 Å². The van der Waals surface area contributed by atoms with Crippen LogP contribution in [-0.4, -0.2) is 44.9 Å². The van der Waals surface area contributed by atoms with Crippen molar-refractivity contribution in [2.24, 2.45) is 0 Å². The summed E-state index contributed by atoms with van der Waals surface area (Å²) >= 11 is 5.82. The minimum Gasteiger partial charge on any atom is -0.495 e. The Morgan fingerprint density at radius 1 is 1.35 bits per heavy atom. The molecule has 128 valence electrons. The number of ether oxygens (including phenoxy) is 3. The van der Waals surface area contributed by atoms with E-state index >= 15 is 0 Å². The van der Waals surface area contributed by atoms with Crippen molar-refractivity contribution in [3.8, 4) is 5.75 Å². The van der Waals surface area contributed by atoms with Crippen LogP contribution < -0.4 is 9.64 Å². The molecule has 1 aliphatic heterocycles. The molecule has 1 heterocycles. The average Bonchev–Trinajstić information content (AvgIpc) is 2.87. The first kappa shape index (κ1) is 18.0. The van der Waals surface area contributed by atoms with Crippen LogP contribution >= 0.6 is 11.6 Å². The van der Waals surface area contributed by atoms with Crippen LogP contribution in [0.15, 0.2) is 18.2 Å². The van der Waals surface area contributed by atoms with Gasteiger partial charge in [0.1, 0.15) is 11.6 Å². The predicted octanol–water partition coefficient (Wildman–Crippen LogP) is 2.98. The predicted molar refractivity (Wildman–Crippen MR) is 90.4 cm³/mol. The molecule has 0 radical (unpaired) electrons. The number of nitrogens with zero attached hydrogens (tertiary/aromatic N) is 1. The summed E-state index contributed by atoms with van der Waals surface area (Å²) in [4.78, 5) is 14.1. The Hall–Kier alpha value is -1.30. The second kappa shape index (κ2) is 9.11. The van der Waals surface area contributed by atoms with Gasteiger partial charge in [0.2, 0.25) is 5.91 Å². The van der Waals surface area contributed by atoms with Crippen LogP contribution in [0.1, 0.15) is 25.3 Å². The number of hydrogen-bond acceptors (Lipinski definition) is 4. The largest absolute Gasteiger partial charge is 0.495 e. The van der Waals surface area contributed by atoms with E-state index < -0.39 is 6.29 Å². The van der Waals surface area contributed by atoms with Gasteiger partial charge in [-0.15, -0.1) is 11.6 Å². The zero-order valence-electron chi connectivity index (χ0n) is 13.7. The van der Waals surface area contributed by atoms with E-state index in [1.165, 1.54) is 0 Å².